The van der Waals surface area contributed by atoms with Crippen molar-refractivity contribution in [2.45, 2.75) is 57.3 Å². The Kier molecular flexibility index (Phi) is 3.69. The van der Waals surface area contributed by atoms with Gasteiger partial charge in [0.15, 0.2) is 0 Å². The van der Waals surface area contributed by atoms with Crippen LogP contribution in [0.1, 0.15) is 55.1 Å². The zero-order valence-electron chi connectivity index (χ0n) is 11.7. The van der Waals surface area contributed by atoms with Gasteiger partial charge in [0, 0.05) is 11.3 Å². The van der Waals surface area contributed by atoms with Crippen LogP contribution in [0.3, 0.4) is 0 Å². The molecule has 1 aromatic heterocycles. The largest absolute Gasteiger partial charge is 0.373 e. The molecule has 2 fully saturated rings. The summed E-state index contributed by atoms with van der Waals surface area (Å²) >= 11 is 6.00. The maximum atomic E-state index is 12.4. The van der Waals surface area contributed by atoms with Crippen LogP contribution >= 0.6 is 11.6 Å². The Hall–Kier alpha value is -1.13. The minimum absolute atomic E-state index is 0.0858. The van der Waals surface area contributed by atoms with Gasteiger partial charge >= 0.3 is 0 Å². The van der Waals surface area contributed by atoms with E-state index in [1.165, 1.54) is 0 Å². The molecule has 3 unspecified atom stereocenters. The average molecular weight is 295 g/mol. The number of pyridine rings is 1. The maximum absolute atomic E-state index is 12.4. The van der Waals surface area contributed by atoms with E-state index in [4.69, 9.17) is 16.3 Å². The topological polar surface area (TPSA) is 51.2 Å². The van der Waals surface area contributed by atoms with Crippen molar-refractivity contribution in [2.75, 3.05) is 0 Å². The SMILES string of the molecule is CC(C)c1cc(C(=O)NC2CC3CCC2O3)cc(Cl)n1. The molecule has 3 heterocycles. The van der Waals surface area contributed by atoms with Crippen molar-refractivity contribution >= 4 is 17.5 Å². The number of halogens is 1. The van der Waals surface area contributed by atoms with E-state index in [0.717, 1.165) is 25.0 Å². The lowest BCUT2D eigenvalue weighted by molar-refractivity contribution is 0.0840. The van der Waals surface area contributed by atoms with Crippen LogP contribution in [0.15, 0.2) is 12.1 Å². The van der Waals surface area contributed by atoms with E-state index < -0.39 is 0 Å². The second-order valence-electron chi connectivity index (χ2n) is 5.95. The van der Waals surface area contributed by atoms with Crippen LogP contribution in [0, 0.1) is 0 Å². The molecule has 1 aromatic rings. The quantitative estimate of drug-likeness (QED) is 0.872. The second-order valence-corrected chi connectivity index (χ2v) is 6.33. The lowest BCUT2D eigenvalue weighted by Gasteiger charge is -2.20. The summed E-state index contributed by atoms with van der Waals surface area (Å²) in [5.41, 5.74) is 1.42. The summed E-state index contributed by atoms with van der Waals surface area (Å²) in [6, 6.07) is 3.58. The van der Waals surface area contributed by atoms with Crippen LogP contribution in [0.2, 0.25) is 5.15 Å². The van der Waals surface area contributed by atoms with Gasteiger partial charge in [-0.2, -0.15) is 0 Å². The Morgan fingerprint density at radius 1 is 1.45 bits per heavy atom. The number of carbonyl (C=O) groups is 1. The van der Waals surface area contributed by atoms with Gasteiger partial charge in [-0.05, 0) is 37.3 Å². The monoisotopic (exact) mass is 294 g/mol. The fourth-order valence-electron chi connectivity index (χ4n) is 2.99. The van der Waals surface area contributed by atoms with Crippen LogP contribution in [-0.2, 0) is 4.74 Å². The van der Waals surface area contributed by atoms with Crippen molar-refractivity contribution in [2.24, 2.45) is 0 Å². The minimum atomic E-state index is -0.0858. The van der Waals surface area contributed by atoms with E-state index in [9.17, 15) is 4.79 Å². The highest BCUT2D eigenvalue weighted by molar-refractivity contribution is 6.29. The first-order valence-electron chi connectivity index (χ1n) is 7.16. The van der Waals surface area contributed by atoms with Gasteiger partial charge < -0.3 is 10.1 Å². The lowest BCUT2D eigenvalue weighted by Crippen LogP contribution is -2.41. The van der Waals surface area contributed by atoms with E-state index in [2.05, 4.69) is 10.3 Å². The highest BCUT2D eigenvalue weighted by atomic mass is 35.5. The number of amides is 1. The van der Waals surface area contributed by atoms with Gasteiger partial charge in [0.05, 0.1) is 18.2 Å². The number of ether oxygens (including phenoxy) is 1. The third-order valence-electron chi connectivity index (χ3n) is 4.09. The fourth-order valence-corrected chi connectivity index (χ4v) is 3.20. The molecule has 20 heavy (non-hydrogen) atoms. The Morgan fingerprint density at radius 3 is 2.85 bits per heavy atom. The molecule has 108 valence electrons. The van der Waals surface area contributed by atoms with E-state index in [1.54, 1.807) is 6.07 Å². The Labute approximate surface area is 123 Å². The van der Waals surface area contributed by atoms with Crippen molar-refractivity contribution in [1.82, 2.24) is 10.3 Å². The number of aromatic nitrogens is 1. The summed E-state index contributed by atoms with van der Waals surface area (Å²) < 4.78 is 5.75. The standard InChI is InChI=1S/C15H19ClN2O2/c1-8(2)11-5-9(6-14(16)17-11)15(19)18-12-7-10-3-4-13(12)20-10/h5-6,8,10,12-13H,3-4,7H2,1-2H3,(H,18,19). The fraction of sp³-hybridized carbons (Fsp3) is 0.600. The number of nitrogens with zero attached hydrogens (tertiary/aromatic N) is 1. The molecule has 0 saturated carbocycles. The molecule has 0 spiro atoms. The normalized spacial score (nSPS) is 28.1. The van der Waals surface area contributed by atoms with Gasteiger partial charge in [-0.25, -0.2) is 4.98 Å². The summed E-state index contributed by atoms with van der Waals surface area (Å²) in [6.07, 6.45) is 3.61. The molecule has 1 N–H and O–H groups in total. The van der Waals surface area contributed by atoms with Crippen LogP contribution in [0.25, 0.3) is 0 Å². The van der Waals surface area contributed by atoms with E-state index in [-0.39, 0.29) is 24.0 Å². The molecule has 0 radical (unpaired) electrons. The smallest absolute Gasteiger partial charge is 0.251 e. The Morgan fingerprint density at radius 2 is 2.25 bits per heavy atom. The van der Waals surface area contributed by atoms with Crippen LogP contribution < -0.4 is 5.32 Å². The van der Waals surface area contributed by atoms with E-state index in [1.807, 2.05) is 19.9 Å². The zero-order chi connectivity index (χ0) is 14.3. The van der Waals surface area contributed by atoms with Gasteiger partial charge in [0.1, 0.15) is 5.15 Å². The van der Waals surface area contributed by atoms with Crippen molar-refractivity contribution in [3.63, 3.8) is 0 Å². The van der Waals surface area contributed by atoms with Crippen molar-refractivity contribution in [3.05, 3.63) is 28.5 Å². The number of nitrogens with one attached hydrogen (secondary N) is 1. The first-order chi connectivity index (χ1) is 9.52. The summed E-state index contributed by atoms with van der Waals surface area (Å²) in [5.74, 6) is 0.156. The Balaban J connectivity index is 1.74. The molecule has 5 heteroatoms. The predicted molar refractivity (Wildman–Crippen MR) is 77.1 cm³/mol. The van der Waals surface area contributed by atoms with E-state index in [0.29, 0.717) is 16.8 Å². The molecule has 4 nitrogen and oxygen atoms in total. The van der Waals surface area contributed by atoms with E-state index >= 15 is 0 Å². The molecule has 0 aliphatic carbocycles. The number of hydrogen-bond acceptors (Lipinski definition) is 3. The summed E-state index contributed by atoms with van der Waals surface area (Å²) in [5, 5.41) is 3.44. The highest BCUT2D eigenvalue weighted by Crippen LogP contribution is 2.34. The summed E-state index contributed by atoms with van der Waals surface area (Å²) in [7, 11) is 0. The second kappa shape index (κ2) is 5.34. The molecule has 2 aliphatic heterocycles. The highest BCUT2D eigenvalue weighted by Gasteiger charge is 2.41. The van der Waals surface area contributed by atoms with Gasteiger partial charge in [-0.3, -0.25) is 4.79 Å². The third kappa shape index (κ3) is 2.67. The van der Waals surface area contributed by atoms with Gasteiger partial charge in [-0.1, -0.05) is 25.4 Å². The zero-order valence-corrected chi connectivity index (χ0v) is 12.5. The average Bonchev–Trinajstić information content (AvgIpc) is 3.00. The minimum Gasteiger partial charge on any atom is -0.373 e. The molecule has 2 aliphatic rings. The van der Waals surface area contributed by atoms with Crippen LogP contribution in [0.5, 0.6) is 0 Å². The third-order valence-corrected chi connectivity index (χ3v) is 4.28. The van der Waals surface area contributed by atoms with Crippen LogP contribution in [0.4, 0.5) is 0 Å². The maximum Gasteiger partial charge on any atom is 0.251 e. The van der Waals surface area contributed by atoms with Gasteiger partial charge in [0.25, 0.3) is 5.91 Å². The number of fused-ring (bicyclic) bond motifs is 2. The Bertz CT molecular complexity index is 533. The van der Waals surface area contributed by atoms with Gasteiger partial charge in [-0.15, -0.1) is 0 Å². The number of rotatable bonds is 3. The van der Waals surface area contributed by atoms with Crippen LogP contribution in [-0.4, -0.2) is 29.1 Å². The van der Waals surface area contributed by atoms with Gasteiger partial charge in [0.2, 0.25) is 0 Å². The molecule has 1 amide bonds. The summed E-state index contributed by atoms with van der Waals surface area (Å²) in [4.78, 5) is 16.6. The predicted octanol–water partition coefficient (Wildman–Crippen LogP) is 2.91. The molecule has 0 aromatic carbocycles. The number of carbonyl (C=O) groups excluding carboxylic acids is 1. The first-order valence-corrected chi connectivity index (χ1v) is 7.54. The molecular weight excluding hydrogens is 276 g/mol. The molecule has 2 bridgehead atoms. The summed E-state index contributed by atoms with van der Waals surface area (Å²) in [6.45, 7) is 4.06. The van der Waals surface area contributed by atoms with Crippen molar-refractivity contribution in [3.8, 4) is 0 Å². The molecule has 3 rings (SSSR count). The molecular formula is C15H19ClN2O2. The lowest BCUT2D eigenvalue weighted by atomic mass is 9.95. The molecule has 2 saturated heterocycles. The first kappa shape index (κ1) is 13.8. The van der Waals surface area contributed by atoms with Crippen molar-refractivity contribution in [1.29, 1.82) is 0 Å². The van der Waals surface area contributed by atoms with Crippen molar-refractivity contribution < 1.29 is 9.53 Å². The molecule has 3 atom stereocenters. The number of hydrogen-bond donors (Lipinski definition) is 1.